The molecule has 2 aromatic heterocycles. The molecule has 0 saturated carbocycles. The summed E-state index contributed by atoms with van der Waals surface area (Å²) in [4.78, 5) is 0. The van der Waals surface area contributed by atoms with Gasteiger partial charge in [-0.15, -0.1) is 0 Å². The molecule has 2 heterocycles. The summed E-state index contributed by atoms with van der Waals surface area (Å²) in [6.45, 7) is 2.63. The highest BCUT2D eigenvalue weighted by Gasteiger charge is 2.15. The number of methoxy groups -OCH3 is 1. The third-order valence-electron chi connectivity index (χ3n) is 4.30. The first kappa shape index (κ1) is 14.6. The van der Waals surface area contributed by atoms with Crippen LogP contribution in [0.2, 0.25) is 0 Å². The van der Waals surface area contributed by atoms with Crippen LogP contribution in [0, 0.1) is 0 Å². The molecule has 0 saturated heterocycles. The van der Waals surface area contributed by atoms with Crippen LogP contribution in [0.25, 0.3) is 27.1 Å². The van der Waals surface area contributed by atoms with Crippen LogP contribution in [0.5, 0.6) is 17.2 Å². The SMILES string of the molecule is CCOc1ccc2c(cc[n+]3cc4c(O)c(OC)ccc4cc23)c1. The van der Waals surface area contributed by atoms with Gasteiger partial charge in [0.25, 0.3) is 0 Å². The maximum Gasteiger partial charge on any atom is 0.219 e. The lowest BCUT2D eigenvalue weighted by Gasteiger charge is -2.07. The van der Waals surface area contributed by atoms with E-state index in [4.69, 9.17) is 9.47 Å². The van der Waals surface area contributed by atoms with Crippen molar-refractivity contribution in [2.75, 3.05) is 13.7 Å². The highest BCUT2D eigenvalue weighted by molar-refractivity contribution is 5.99. The summed E-state index contributed by atoms with van der Waals surface area (Å²) in [5.74, 6) is 1.51. The minimum Gasteiger partial charge on any atom is -0.504 e. The number of pyridine rings is 2. The Kier molecular flexibility index (Phi) is 3.38. The van der Waals surface area contributed by atoms with Gasteiger partial charge in [-0.3, -0.25) is 0 Å². The molecular formula is C20H18NO3+. The van der Waals surface area contributed by atoms with Crippen molar-refractivity contribution in [2.24, 2.45) is 0 Å². The van der Waals surface area contributed by atoms with Gasteiger partial charge in [0.1, 0.15) is 5.75 Å². The van der Waals surface area contributed by atoms with E-state index in [1.807, 2.05) is 41.9 Å². The Morgan fingerprint density at radius 1 is 1.00 bits per heavy atom. The standard InChI is InChI=1S/C20H17NO3/c1-3-24-15-5-6-16-14(10-15)8-9-21-12-17-13(11-18(16)21)4-7-19(23-2)20(17)22/h4-12H,3H2,1-2H3/p+1. The van der Waals surface area contributed by atoms with Gasteiger partial charge in [-0.1, -0.05) is 0 Å². The van der Waals surface area contributed by atoms with Crippen LogP contribution in [-0.2, 0) is 0 Å². The molecule has 0 unspecified atom stereocenters. The van der Waals surface area contributed by atoms with E-state index in [-0.39, 0.29) is 5.75 Å². The van der Waals surface area contributed by atoms with Crippen molar-refractivity contribution in [1.29, 1.82) is 0 Å². The summed E-state index contributed by atoms with van der Waals surface area (Å²) in [5.41, 5.74) is 1.08. The molecule has 4 heteroatoms. The molecule has 0 bridgehead atoms. The molecule has 1 N–H and O–H groups in total. The number of nitrogens with zero attached hydrogens (tertiary/aromatic N) is 1. The Labute approximate surface area is 139 Å². The number of rotatable bonds is 3. The number of aromatic hydroxyl groups is 1. The molecule has 0 radical (unpaired) electrons. The number of phenols is 1. The average Bonchev–Trinajstić information content (AvgIpc) is 2.61. The normalized spacial score (nSPS) is 11.2. The summed E-state index contributed by atoms with van der Waals surface area (Å²) < 4.78 is 12.8. The maximum atomic E-state index is 10.4. The minimum atomic E-state index is 0.163. The van der Waals surface area contributed by atoms with Crippen LogP contribution in [0.15, 0.2) is 54.9 Å². The van der Waals surface area contributed by atoms with E-state index in [2.05, 4.69) is 18.2 Å². The summed E-state index contributed by atoms with van der Waals surface area (Å²) in [6, 6.07) is 14.0. The average molecular weight is 320 g/mol. The van der Waals surface area contributed by atoms with E-state index in [0.29, 0.717) is 12.4 Å². The largest absolute Gasteiger partial charge is 0.504 e. The summed E-state index contributed by atoms with van der Waals surface area (Å²) >= 11 is 0. The van der Waals surface area contributed by atoms with E-state index >= 15 is 0 Å². The lowest BCUT2D eigenvalue weighted by atomic mass is 10.1. The smallest absolute Gasteiger partial charge is 0.219 e. The Bertz CT molecular complexity index is 1070. The zero-order valence-corrected chi connectivity index (χ0v) is 13.6. The van der Waals surface area contributed by atoms with Gasteiger partial charge < -0.3 is 14.6 Å². The highest BCUT2D eigenvalue weighted by Crippen LogP contribution is 2.34. The Morgan fingerprint density at radius 2 is 1.83 bits per heavy atom. The van der Waals surface area contributed by atoms with Gasteiger partial charge in [0.2, 0.25) is 5.52 Å². The second-order valence-electron chi connectivity index (χ2n) is 5.68. The summed E-state index contributed by atoms with van der Waals surface area (Å²) in [6.07, 6.45) is 3.92. The third kappa shape index (κ3) is 2.19. The lowest BCUT2D eigenvalue weighted by Crippen LogP contribution is -2.20. The zero-order chi connectivity index (χ0) is 16.7. The van der Waals surface area contributed by atoms with E-state index < -0.39 is 0 Å². The van der Waals surface area contributed by atoms with Gasteiger partial charge >= 0.3 is 0 Å². The summed E-state index contributed by atoms with van der Waals surface area (Å²) in [7, 11) is 1.55. The molecule has 0 spiro atoms. The predicted octanol–water partition coefficient (Wildman–Crippen LogP) is 3.84. The van der Waals surface area contributed by atoms with Crippen LogP contribution in [0.3, 0.4) is 0 Å². The van der Waals surface area contributed by atoms with Gasteiger partial charge in [0.05, 0.1) is 24.5 Å². The number of fused-ring (bicyclic) bond motifs is 4. The van der Waals surface area contributed by atoms with Crippen molar-refractivity contribution in [3.05, 3.63) is 54.9 Å². The first-order valence-electron chi connectivity index (χ1n) is 7.91. The number of hydrogen-bond acceptors (Lipinski definition) is 3. The van der Waals surface area contributed by atoms with Gasteiger partial charge in [-0.25, -0.2) is 0 Å². The maximum absolute atomic E-state index is 10.4. The molecule has 0 fully saturated rings. The fraction of sp³-hybridized carbons (Fsp3) is 0.150. The molecule has 2 aromatic carbocycles. The molecule has 0 aliphatic rings. The van der Waals surface area contributed by atoms with Gasteiger partial charge in [-0.2, -0.15) is 4.40 Å². The van der Waals surface area contributed by atoms with Crippen LogP contribution < -0.4 is 13.9 Å². The predicted molar refractivity (Wildman–Crippen MR) is 94.0 cm³/mol. The van der Waals surface area contributed by atoms with Gasteiger partial charge in [0, 0.05) is 12.1 Å². The highest BCUT2D eigenvalue weighted by atomic mass is 16.5. The van der Waals surface area contributed by atoms with Crippen LogP contribution >= 0.6 is 0 Å². The van der Waals surface area contributed by atoms with Crippen LogP contribution in [-0.4, -0.2) is 18.8 Å². The monoisotopic (exact) mass is 320 g/mol. The molecule has 0 amide bonds. The van der Waals surface area contributed by atoms with Gasteiger partial charge in [0.15, 0.2) is 23.9 Å². The first-order chi connectivity index (χ1) is 11.7. The molecule has 4 aromatic rings. The minimum absolute atomic E-state index is 0.163. The fourth-order valence-electron chi connectivity index (χ4n) is 3.13. The number of phenolic OH excluding ortho intramolecular Hbond substituents is 1. The number of aromatic nitrogens is 1. The fourth-order valence-corrected chi connectivity index (χ4v) is 3.13. The molecule has 0 aliphatic heterocycles. The van der Waals surface area contributed by atoms with E-state index in [9.17, 15) is 5.11 Å². The van der Waals surface area contributed by atoms with Crippen molar-refractivity contribution >= 4 is 27.1 Å². The van der Waals surface area contributed by atoms with Gasteiger partial charge in [-0.05, 0) is 48.0 Å². The lowest BCUT2D eigenvalue weighted by molar-refractivity contribution is -0.509. The Hall–Kier alpha value is -3.01. The second kappa shape index (κ2) is 5.57. The Morgan fingerprint density at radius 3 is 2.62 bits per heavy atom. The topological polar surface area (TPSA) is 42.8 Å². The zero-order valence-electron chi connectivity index (χ0n) is 13.6. The summed E-state index contributed by atoms with van der Waals surface area (Å²) in [5, 5.41) is 14.4. The van der Waals surface area contributed by atoms with Crippen molar-refractivity contribution in [1.82, 2.24) is 0 Å². The van der Waals surface area contributed by atoms with E-state index in [0.717, 1.165) is 32.8 Å². The quantitative estimate of drug-likeness (QED) is 0.354. The number of hydrogen-bond donors (Lipinski definition) is 1. The molecule has 24 heavy (non-hydrogen) atoms. The molecule has 4 rings (SSSR count). The van der Waals surface area contributed by atoms with Crippen molar-refractivity contribution in [2.45, 2.75) is 6.92 Å². The second-order valence-corrected chi connectivity index (χ2v) is 5.68. The third-order valence-corrected chi connectivity index (χ3v) is 4.30. The van der Waals surface area contributed by atoms with Crippen LogP contribution in [0.4, 0.5) is 0 Å². The van der Waals surface area contributed by atoms with Crippen molar-refractivity contribution in [3.63, 3.8) is 0 Å². The molecule has 4 nitrogen and oxygen atoms in total. The van der Waals surface area contributed by atoms with E-state index in [1.54, 1.807) is 13.2 Å². The van der Waals surface area contributed by atoms with Crippen molar-refractivity contribution in [3.8, 4) is 17.2 Å². The Balaban J connectivity index is 2.02. The first-order valence-corrected chi connectivity index (χ1v) is 7.91. The molecule has 0 aliphatic carbocycles. The number of benzene rings is 2. The van der Waals surface area contributed by atoms with E-state index in [1.165, 1.54) is 0 Å². The molecular weight excluding hydrogens is 302 g/mol. The molecule has 0 atom stereocenters. The molecule has 120 valence electrons. The van der Waals surface area contributed by atoms with Crippen molar-refractivity contribution < 1.29 is 19.0 Å². The number of ether oxygens (including phenoxy) is 2. The van der Waals surface area contributed by atoms with Crippen LogP contribution in [0.1, 0.15) is 6.92 Å².